The molecule has 3 aromatic carbocycles. The summed E-state index contributed by atoms with van der Waals surface area (Å²) in [6.45, 7) is 0.0277. The van der Waals surface area contributed by atoms with Crippen LogP contribution in [-0.2, 0) is 20.9 Å². The Morgan fingerprint density at radius 1 is 1.00 bits per heavy atom. The summed E-state index contributed by atoms with van der Waals surface area (Å²) in [7, 11) is 0. The Morgan fingerprint density at radius 2 is 1.73 bits per heavy atom. The van der Waals surface area contributed by atoms with E-state index in [9.17, 15) is 9.59 Å². The van der Waals surface area contributed by atoms with Crippen LogP contribution in [0.1, 0.15) is 17.4 Å². The molecule has 1 atom stereocenters. The van der Waals surface area contributed by atoms with Crippen LogP contribution in [0.5, 0.6) is 0 Å². The first-order chi connectivity index (χ1) is 12.7. The number of hydrogen-bond donors (Lipinski definition) is 0. The number of amides is 1. The summed E-state index contributed by atoms with van der Waals surface area (Å²) in [5.41, 5.74) is 1.63. The third kappa shape index (κ3) is 3.24. The smallest absolute Gasteiger partial charge is 0.413 e. The fourth-order valence-corrected chi connectivity index (χ4v) is 3.02. The molecule has 26 heavy (non-hydrogen) atoms. The zero-order valence-corrected chi connectivity index (χ0v) is 14.0. The van der Waals surface area contributed by atoms with E-state index < -0.39 is 18.3 Å². The summed E-state index contributed by atoms with van der Waals surface area (Å²) < 4.78 is 10.7. The molecule has 0 radical (unpaired) electrons. The van der Waals surface area contributed by atoms with Gasteiger partial charge in [-0.1, -0.05) is 66.7 Å². The molecular weight excluding hydrogens is 330 g/mol. The molecule has 5 nitrogen and oxygen atoms in total. The van der Waals surface area contributed by atoms with Crippen LogP contribution in [-0.4, -0.2) is 23.5 Å². The molecule has 1 fully saturated rings. The molecule has 4 rings (SSSR count). The van der Waals surface area contributed by atoms with Gasteiger partial charge in [0.05, 0.1) is 0 Å². The van der Waals surface area contributed by atoms with Crippen LogP contribution in [0.15, 0.2) is 72.8 Å². The lowest BCUT2D eigenvalue weighted by molar-refractivity contribution is -0.141. The van der Waals surface area contributed by atoms with Crippen molar-refractivity contribution in [1.82, 2.24) is 4.90 Å². The molecule has 0 N–H and O–H groups in total. The van der Waals surface area contributed by atoms with Crippen molar-refractivity contribution in [3.63, 3.8) is 0 Å². The fourth-order valence-electron chi connectivity index (χ4n) is 3.02. The number of cyclic esters (lactones) is 1. The summed E-state index contributed by atoms with van der Waals surface area (Å²) in [5, 5.41) is 2.10. The van der Waals surface area contributed by atoms with E-state index in [1.165, 1.54) is 4.90 Å². The van der Waals surface area contributed by atoms with Crippen LogP contribution in [0.3, 0.4) is 0 Å². The van der Waals surface area contributed by atoms with Gasteiger partial charge in [-0.05, 0) is 22.4 Å². The van der Waals surface area contributed by atoms with Gasteiger partial charge in [0.15, 0.2) is 0 Å². The number of fused-ring (bicyclic) bond motifs is 1. The number of hydrogen-bond acceptors (Lipinski definition) is 4. The normalized spacial score (nSPS) is 16.5. The van der Waals surface area contributed by atoms with Crippen molar-refractivity contribution in [3.8, 4) is 0 Å². The Balaban J connectivity index is 1.54. The van der Waals surface area contributed by atoms with Gasteiger partial charge in [-0.25, -0.2) is 4.79 Å². The van der Waals surface area contributed by atoms with Gasteiger partial charge in [-0.15, -0.1) is 0 Å². The Hall–Kier alpha value is -3.34. The van der Waals surface area contributed by atoms with Crippen molar-refractivity contribution in [3.05, 3.63) is 83.9 Å². The van der Waals surface area contributed by atoms with Gasteiger partial charge in [-0.3, -0.25) is 9.69 Å². The number of nitrogens with zero attached hydrogens (tertiary/aromatic N) is 1. The Kier molecular flexibility index (Phi) is 4.27. The molecule has 130 valence electrons. The first-order valence-electron chi connectivity index (χ1n) is 8.36. The average Bonchev–Trinajstić information content (AvgIpc) is 3.08. The van der Waals surface area contributed by atoms with Gasteiger partial charge in [0.1, 0.15) is 13.2 Å². The van der Waals surface area contributed by atoms with Crippen LogP contribution in [0, 0.1) is 0 Å². The minimum atomic E-state index is -0.768. The van der Waals surface area contributed by atoms with E-state index in [1.54, 1.807) is 0 Å². The van der Waals surface area contributed by atoms with Crippen molar-refractivity contribution in [1.29, 1.82) is 0 Å². The first-order valence-corrected chi connectivity index (χ1v) is 8.36. The highest BCUT2D eigenvalue weighted by Crippen LogP contribution is 2.30. The molecule has 0 aromatic heterocycles. The molecule has 3 aromatic rings. The topological polar surface area (TPSA) is 55.8 Å². The lowest BCUT2D eigenvalue weighted by Crippen LogP contribution is -2.32. The van der Waals surface area contributed by atoms with E-state index in [-0.39, 0.29) is 13.2 Å². The maximum absolute atomic E-state index is 12.5. The number of ether oxygens (including phenoxy) is 2. The molecule has 1 saturated heterocycles. The van der Waals surface area contributed by atoms with Gasteiger partial charge >= 0.3 is 12.1 Å². The zero-order valence-electron chi connectivity index (χ0n) is 14.0. The number of carbonyl (C=O) groups is 2. The first kappa shape index (κ1) is 16.1. The highest BCUT2D eigenvalue weighted by Gasteiger charge is 2.38. The molecule has 0 spiro atoms. The highest BCUT2D eigenvalue weighted by atomic mass is 16.6. The quantitative estimate of drug-likeness (QED) is 0.671. The van der Waals surface area contributed by atoms with Crippen molar-refractivity contribution < 1.29 is 19.1 Å². The Labute approximate surface area is 150 Å². The number of carbonyl (C=O) groups excluding carboxylic acids is 2. The van der Waals surface area contributed by atoms with Gasteiger partial charge in [0.2, 0.25) is 6.23 Å². The Bertz CT molecular complexity index is 954. The molecule has 1 amide bonds. The van der Waals surface area contributed by atoms with Crippen molar-refractivity contribution in [2.75, 3.05) is 6.54 Å². The predicted molar refractivity (Wildman–Crippen MR) is 96.1 cm³/mol. The van der Waals surface area contributed by atoms with Gasteiger partial charge < -0.3 is 9.47 Å². The Morgan fingerprint density at radius 3 is 2.54 bits per heavy atom. The second-order valence-electron chi connectivity index (χ2n) is 6.12. The van der Waals surface area contributed by atoms with Crippen LogP contribution in [0.2, 0.25) is 0 Å². The van der Waals surface area contributed by atoms with Gasteiger partial charge in [0, 0.05) is 5.56 Å². The maximum atomic E-state index is 12.5. The summed E-state index contributed by atoms with van der Waals surface area (Å²) in [6, 6.07) is 23.0. The van der Waals surface area contributed by atoms with Crippen LogP contribution >= 0.6 is 0 Å². The summed E-state index contributed by atoms with van der Waals surface area (Å²) in [6.07, 6.45) is -1.34. The van der Waals surface area contributed by atoms with Crippen molar-refractivity contribution in [2.45, 2.75) is 12.8 Å². The lowest BCUT2D eigenvalue weighted by atomic mass is 10.1. The lowest BCUT2D eigenvalue weighted by Gasteiger charge is -2.21. The van der Waals surface area contributed by atoms with Crippen LogP contribution in [0.25, 0.3) is 10.8 Å². The minimum Gasteiger partial charge on any atom is -0.444 e. The summed E-state index contributed by atoms with van der Waals surface area (Å²) in [5.74, 6) is -0.445. The van der Waals surface area contributed by atoms with E-state index in [0.717, 1.165) is 21.9 Å². The monoisotopic (exact) mass is 347 g/mol. The second kappa shape index (κ2) is 6.88. The molecule has 1 aliphatic rings. The van der Waals surface area contributed by atoms with E-state index in [2.05, 4.69) is 0 Å². The van der Waals surface area contributed by atoms with E-state index >= 15 is 0 Å². The minimum absolute atomic E-state index is 0.120. The molecular formula is C21H17NO4. The van der Waals surface area contributed by atoms with E-state index in [0.29, 0.717) is 0 Å². The predicted octanol–water partition coefficient (Wildman–Crippen LogP) is 4.03. The molecule has 1 heterocycles. The molecule has 1 aliphatic heterocycles. The summed E-state index contributed by atoms with van der Waals surface area (Å²) in [4.78, 5) is 25.6. The van der Waals surface area contributed by atoms with Crippen LogP contribution < -0.4 is 0 Å². The maximum Gasteiger partial charge on any atom is 0.413 e. The van der Waals surface area contributed by atoms with Gasteiger partial charge in [-0.2, -0.15) is 0 Å². The van der Waals surface area contributed by atoms with Crippen LogP contribution in [0.4, 0.5) is 4.79 Å². The number of esters is 1. The standard InChI is InChI=1S/C21H17NO4/c23-19-13-22(21(24)25-14-15-6-2-1-3-7-15)20(26-19)18-11-10-16-8-4-5-9-17(16)12-18/h1-12,20H,13-14H2. The molecule has 0 aliphatic carbocycles. The largest absolute Gasteiger partial charge is 0.444 e. The molecule has 0 saturated carbocycles. The summed E-state index contributed by atoms with van der Waals surface area (Å²) >= 11 is 0. The molecule has 1 unspecified atom stereocenters. The second-order valence-corrected chi connectivity index (χ2v) is 6.12. The third-order valence-electron chi connectivity index (χ3n) is 4.32. The zero-order chi connectivity index (χ0) is 17.9. The SMILES string of the molecule is O=C1CN(C(=O)OCc2ccccc2)C(c2ccc3ccccc3c2)O1. The van der Waals surface area contributed by atoms with Gasteiger partial charge in [0.25, 0.3) is 0 Å². The van der Waals surface area contributed by atoms with E-state index in [1.807, 2.05) is 72.8 Å². The van der Waals surface area contributed by atoms with E-state index in [4.69, 9.17) is 9.47 Å². The van der Waals surface area contributed by atoms with Crippen molar-refractivity contribution in [2.24, 2.45) is 0 Å². The third-order valence-corrected chi connectivity index (χ3v) is 4.32. The number of rotatable bonds is 3. The number of benzene rings is 3. The average molecular weight is 347 g/mol. The molecule has 5 heteroatoms. The van der Waals surface area contributed by atoms with Crippen molar-refractivity contribution >= 4 is 22.8 Å². The molecule has 0 bridgehead atoms. The fraction of sp³-hybridized carbons (Fsp3) is 0.143. The highest BCUT2D eigenvalue weighted by molar-refractivity contribution is 5.84.